The first-order valence-electron chi connectivity index (χ1n) is 5.13. The molecular weight excluding hydrogens is 319 g/mol. The van der Waals surface area contributed by atoms with Crippen molar-refractivity contribution in [1.29, 1.82) is 0 Å². The summed E-state index contributed by atoms with van der Waals surface area (Å²) >= 11 is 17.7. The molecule has 6 heteroatoms. The van der Waals surface area contributed by atoms with Crippen molar-refractivity contribution < 1.29 is 13.2 Å². The van der Waals surface area contributed by atoms with Gasteiger partial charge >= 0.3 is 0 Å². The highest BCUT2D eigenvalue weighted by Crippen LogP contribution is 2.34. The fourth-order valence-corrected chi connectivity index (χ4v) is 2.47. The molecule has 0 amide bonds. The number of hydrogen-bond donors (Lipinski definition) is 0. The Labute approximate surface area is 122 Å². The van der Waals surface area contributed by atoms with E-state index >= 15 is 0 Å². The Morgan fingerprint density at radius 2 is 1.26 bits per heavy atom. The molecule has 0 N–H and O–H groups in total. The van der Waals surface area contributed by atoms with E-state index in [0.717, 1.165) is 6.07 Å². The van der Waals surface area contributed by atoms with Crippen LogP contribution in [0.3, 0.4) is 0 Å². The fourth-order valence-electron chi connectivity index (χ4n) is 1.63. The third kappa shape index (κ3) is 3.16. The monoisotopic (exact) mass is 324 g/mol. The maximum Gasteiger partial charge on any atom is 0.161 e. The molecule has 0 spiro atoms. The van der Waals surface area contributed by atoms with Gasteiger partial charge in [0.1, 0.15) is 5.82 Å². The second-order valence-corrected chi connectivity index (χ2v) is 5.16. The molecule has 0 aliphatic rings. The quantitative estimate of drug-likeness (QED) is 0.488. The lowest BCUT2D eigenvalue weighted by molar-refractivity contribution is 0.490. The zero-order chi connectivity index (χ0) is 14.2. The molecule has 0 bridgehead atoms. The van der Waals surface area contributed by atoms with Crippen LogP contribution in [-0.4, -0.2) is 0 Å². The molecule has 0 aromatic heterocycles. The van der Waals surface area contributed by atoms with Gasteiger partial charge in [-0.05, 0) is 29.8 Å². The molecule has 1 unspecified atom stereocenters. The zero-order valence-electron chi connectivity index (χ0n) is 9.23. The summed E-state index contributed by atoms with van der Waals surface area (Å²) in [5.74, 6) is -3.38. The average Bonchev–Trinajstić information content (AvgIpc) is 2.31. The van der Waals surface area contributed by atoms with Crippen molar-refractivity contribution in [3.8, 4) is 0 Å². The van der Waals surface area contributed by atoms with E-state index in [4.69, 9.17) is 34.8 Å². The molecule has 0 aliphatic carbocycles. The standard InChI is InChI=1S/C13H6Cl3F3/c14-7-1-6(2-8(15)3-7)13(16)9-4-11(18)12(19)5-10(9)17/h1-5,13H. The lowest BCUT2D eigenvalue weighted by Gasteiger charge is -2.12. The minimum atomic E-state index is -1.27. The van der Waals surface area contributed by atoms with Gasteiger partial charge in [-0.25, -0.2) is 13.2 Å². The van der Waals surface area contributed by atoms with Gasteiger partial charge in [0.25, 0.3) is 0 Å². The molecule has 0 radical (unpaired) electrons. The molecule has 0 heterocycles. The van der Waals surface area contributed by atoms with E-state index in [1.165, 1.54) is 18.2 Å². The van der Waals surface area contributed by atoms with Crippen molar-refractivity contribution in [3.05, 3.63) is 69.0 Å². The molecule has 0 nitrogen and oxygen atoms in total. The van der Waals surface area contributed by atoms with E-state index in [-0.39, 0.29) is 5.56 Å². The first kappa shape index (κ1) is 14.5. The van der Waals surface area contributed by atoms with E-state index in [9.17, 15) is 13.2 Å². The Morgan fingerprint density at radius 3 is 1.84 bits per heavy atom. The summed E-state index contributed by atoms with van der Waals surface area (Å²) in [7, 11) is 0. The van der Waals surface area contributed by atoms with Crippen LogP contribution < -0.4 is 0 Å². The molecule has 19 heavy (non-hydrogen) atoms. The van der Waals surface area contributed by atoms with Crippen molar-refractivity contribution in [1.82, 2.24) is 0 Å². The Hall–Kier alpha value is -0.900. The summed E-state index contributed by atoms with van der Waals surface area (Å²) in [5, 5.41) is -0.390. The summed E-state index contributed by atoms with van der Waals surface area (Å²) < 4.78 is 39.6. The van der Waals surface area contributed by atoms with Gasteiger partial charge in [-0.2, -0.15) is 0 Å². The maximum atomic E-state index is 13.6. The highest BCUT2D eigenvalue weighted by molar-refractivity contribution is 6.35. The van der Waals surface area contributed by atoms with Crippen LogP contribution in [0.2, 0.25) is 10.0 Å². The van der Waals surface area contributed by atoms with Crippen molar-refractivity contribution in [2.24, 2.45) is 0 Å². The molecule has 0 saturated heterocycles. The zero-order valence-corrected chi connectivity index (χ0v) is 11.5. The molecule has 2 aromatic rings. The Bertz CT molecular complexity index is 609. The number of alkyl halides is 1. The fraction of sp³-hybridized carbons (Fsp3) is 0.0769. The van der Waals surface area contributed by atoms with Gasteiger partial charge in [0.15, 0.2) is 11.6 Å². The summed E-state index contributed by atoms with van der Waals surface area (Å²) in [6, 6.07) is 5.61. The summed E-state index contributed by atoms with van der Waals surface area (Å²) in [6.45, 7) is 0. The maximum absolute atomic E-state index is 13.6. The Balaban J connectivity index is 2.49. The molecule has 2 rings (SSSR count). The van der Waals surface area contributed by atoms with Gasteiger partial charge in [0.2, 0.25) is 0 Å². The second-order valence-electron chi connectivity index (χ2n) is 3.85. The predicted molar refractivity (Wildman–Crippen MR) is 70.5 cm³/mol. The van der Waals surface area contributed by atoms with Crippen LogP contribution in [0.1, 0.15) is 16.5 Å². The number of rotatable bonds is 2. The Kier molecular flexibility index (Phi) is 4.29. The lowest BCUT2D eigenvalue weighted by atomic mass is 10.0. The number of halogens is 6. The number of benzene rings is 2. The van der Waals surface area contributed by atoms with Gasteiger partial charge in [-0.15, -0.1) is 11.6 Å². The molecule has 2 aromatic carbocycles. The average molecular weight is 326 g/mol. The van der Waals surface area contributed by atoms with E-state index in [0.29, 0.717) is 21.7 Å². The molecule has 0 fully saturated rings. The van der Waals surface area contributed by atoms with Crippen molar-refractivity contribution in [2.45, 2.75) is 5.38 Å². The molecule has 100 valence electrons. The first-order chi connectivity index (χ1) is 8.88. The van der Waals surface area contributed by atoms with E-state index < -0.39 is 22.8 Å². The van der Waals surface area contributed by atoms with Gasteiger partial charge < -0.3 is 0 Å². The van der Waals surface area contributed by atoms with Crippen LogP contribution in [0.4, 0.5) is 13.2 Å². The SMILES string of the molecule is Fc1cc(F)c(C(Cl)c2cc(Cl)cc(Cl)c2)cc1F. The highest BCUT2D eigenvalue weighted by Gasteiger charge is 2.19. The minimum absolute atomic E-state index is 0.182. The predicted octanol–water partition coefficient (Wildman–Crippen LogP) is 5.74. The van der Waals surface area contributed by atoms with Crippen LogP contribution in [0.15, 0.2) is 30.3 Å². The van der Waals surface area contributed by atoms with Gasteiger partial charge in [-0.3, -0.25) is 0 Å². The van der Waals surface area contributed by atoms with E-state index in [2.05, 4.69) is 0 Å². The van der Waals surface area contributed by atoms with E-state index in [1.807, 2.05) is 0 Å². The molecule has 0 saturated carbocycles. The molecule has 1 atom stereocenters. The normalized spacial score (nSPS) is 12.5. The largest absolute Gasteiger partial charge is 0.207 e. The Morgan fingerprint density at radius 1 is 0.737 bits per heavy atom. The van der Waals surface area contributed by atoms with Crippen LogP contribution in [0.5, 0.6) is 0 Å². The summed E-state index contributed by atoms with van der Waals surface area (Å²) in [6.07, 6.45) is 0. The molecular formula is C13H6Cl3F3. The topological polar surface area (TPSA) is 0 Å². The van der Waals surface area contributed by atoms with Crippen LogP contribution in [0.25, 0.3) is 0 Å². The minimum Gasteiger partial charge on any atom is -0.207 e. The van der Waals surface area contributed by atoms with Crippen LogP contribution >= 0.6 is 34.8 Å². The lowest BCUT2D eigenvalue weighted by Crippen LogP contribution is -2.00. The van der Waals surface area contributed by atoms with Crippen LogP contribution in [0, 0.1) is 17.5 Å². The molecule has 0 aliphatic heterocycles. The van der Waals surface area contributed by atoms with Crippen LogP contribution in [-0.2, 0) is 0 Å². The van der Waals surface area contributed by atoms with Gasteiger partial charge in [-0.1, -0.05) is 23.2 Å². The second kappa shape index (κ2) is 5.61. The summed E-state index contributed by atoms with van der Waals surface area (Å²) in [4.78, 5) is 0. The highest BCUT2D eigenvalue weighted by atomic mass is 35.5. The summed E-state index contributed by atoms with van der Waals surface area (Å²) in [5.41, 5.74) is 0.211. The van der Waals surface area contributed by atoms with Crippen molar-refractivity contribution >= 4 is 34.8 Å². The van der Waals surface area contributed by atoms with E-state index in [1.54, 1.807) is 0 Å². The number of hydrogen-bond acceptors (Lipinski definition) is 0. The van der Waals surface area contributed by atoms with Gasteiger partial charge in [0, 0.05) is 21.7 Å². The van der Waals surface area contributed by atoms with Crippen molar-refractivity contribution in [2.75, 3.05) is 0 Å². The van der Waals surface area contributed by atoms with Gasteiger partial charge in [0.05, 0.1) is 5.38 Å². The third-order valence-electron chi connectivity index (χ3n) is 2.49. The van der Waals surface area contributed by atoms with Crippen molar-refractivity contribution in [3.63, 3.8) is 0 Å². The smallest absolute Gasteiger partial charge is 0.161 e. The third-order valence-corrected chi connectivity index (χ3v) is 3.41. The first-order valence-corrected chi connectivity index (χ1v) is 6.32.